The first kappa shape index (κ1) is 15.6. The predicted molar refractivity (Wildman–Crippen MR) is 86.9 cm³/mol. The Kier molecular flexibility index (Phi) is 5.65. The summed E-state index contributed by atoms with van der Waals surface area (Å²) in [6.45, 7) is 0.487. The molecule has 0 spiro atoms. The molecule has 20 heavy (non-hydrogen) atoms. The fraction of sp³-hybridized carbons (Fsp3) is 0.429. The summed E-state index contributed by atoms with van der Waals surface area (Å²) in [5.74, 6) is -0.0926. The Morgan fingerprint density at radius 3 is 2.75 bits per heavy atom. The van der Waals surface area contributed by atoms with Crippen molar-refractivity contribution in [3.8, 4) is 0 Å². The highest BCUT2D eigenvalue weighted by atomic mass is 127. The average molecular weight is 407 g/mol. The van der Waals surface area contributed by atoms with Crippen molar-refractivity contribution in [2.24, 2.45) is 0 Å². The van der Waals surface area contributed by atoms with Gasteiger partial charge in [-0.25, -0.2) is 0 Å². The standard InChI is InChI=1S/C14H16ClIN2O2/c15-11-8-9(3-6-12(11)16)14(20)17-7-1-2-13(19)18-10-4-5-10/h3,6,8,10H,1-2,4-5,7H2,(H,17,20)(H,18,19). The minimum atomic E-state index is -0.161. The summed E-state index contributed by atoms with van der Waals surface area (Å²) in [5, 5.41) is 6.28. The van der Waals surface area contributed by atoms with Crippen LogP contribution in [0.1, 0.15) is 36.0 Å². The van der Waals surface area contributed by atoms with Crippen LogP contribution < -0.4 is 10.6 Å². The summed E-state index contributed by atoms with van der Waals surface area (Å²) in [6.07, 6.45) is 3.28. The van der Waals surface area contributed by atoms with Crippen LogP contribution in [0.4, 0.5) is 0 Å². The van der Waals surface area contributed by atoms with E-state index in [4.69, 9.17) is 11.6 Å². The van der Waals surface area contributed by atoms with Gasteiger partial charge in [-0.2, -0.15) is 0 Å². The topological polar surface area (TPSA) is 58.2 Å². The van der Waals surface area contributed by atoms with E-state index in [1.807, 2.05) is 0 Å². The van der Waals surface area contributed by atoms with Gasteiger partial charge in [0.1, 0.15) is 0 Å². The Morgan fingerprint density at radius 2 is 2.10 bits per heavy atom. The number of rotatable bonds is 6. The minimum Gasteiger partial charge on any atom is -0.353 e. The van der Waals surface area contributed by atoms with Crippen LogP contribution in [0.5, 0.6) is 0 Å². The molecular formula is C14H16ClIN2O2. The molecule has 6 heteroatoms. The number of amides is 2. The second kappa shape index (κ2) is 7.26. The molecule has 2 N–H and O–H groups in total. The second-order valence-electron chi connectivity index (χ2n) is 4.83. The van der Waals surface area contributed by atoms with Gasteiger partial charge < -0.3 is 10.6 Å². The van der Waals surface area contributed by atoms with Gasteiger partial charge in [0.05, 0.1) is 5.02 Å². The Hall–Kier alpha value is -0.820. The van der Waals surface area contributed by atoms with E-state index in [1.54, 1.807) is 18.2 Å². The highest BCUT2D eigenvalue weighted by Crippen LogP contribution is 2.19. The Bertz CT molecular complexity index is 518. The fourth-order valence-electron chi connectivity index (χ4n) is 1.72. The number of benzene rings is 1. The van der Waals surface area contributed by atoms with Crippen LogP contribution >= 0.6 is 34.2 Å². The highest BCUT2D eigenvalue weighted by molar-refractivity contribution is 14.1. The first-order valence-electron chi connectivity index (χ1n) is 6.59. The molecule has 0 heterocycles. The van der Waals surface area contributed by atoms with Gasteiger partial charge in [0, 0.05) is 28.1 Å². The van der Waals surface area contributed by atoms with Gasteiger partial charge >= 0.3 is 0 Å². The normalized spacial score (nSPS) is 13.9. The van der Waals surface area contributed by atoms with Gasteiger partial charge in [0.15, 0.2) is 0 Å². The minimum absolute atomic E-state index is 0.0686. The van der Waals surface area contributed by atoms with Gasteiger partial charge in [-0.15, -0.1) is 0 Å². The molecule has 0 aliphatic heterocycles. The molecule has 108 valence electrons. The van der Waals surface area contributed by atoms with Gasteiger partial charge in [-0.05, 0) is 60.1 Å². The lowest BCUT2D eigenvalue weighted by molar-refractivity contribution is -0.121. The third kappa shape index (κ3) is 4.94. The van der Waals surface area contributed by atoms with Crippen LogP contribution in [0.3, 0.4) is 0 Å². The quantitative estimate of drug-likeness (QED) is 0.564. The van der Waals surface area contributed by atoms with Crippen molar-refractivity contribution in [2.75, 3.05) is 6.54 Å². The zero-order chi connectivity index (χ0) is 14.5. The van der Waals surface area contributed by atoms with Gasteiger partial charge in [0.25, 0.3) is 5.91 Å². The molecule has 2 rings (SSSR count). The molecule has 0 aromatic heterocycles. The van der Waals surface area contributed by atoms with Crippen LogP contribution in [0.15, 0.2) is 18.2 Å². The molecule has 1 aromatic carbocycles. The summed E-state index contributed by atoms with van der Waals surface area (Å²) >= 11 is 8.09. The number of nitrogens with one attached hydrogen (secondary N) is 2. The fourth-order valence-corrected chi connectivity index (χ4v) is 2.23. The first-order chi connectivity index (χ1) is 9.56. The maximum absolute atomic E-state index is 11.9. The molecule has 1 aromatic rings. The molecule has 0 bridgehead atoms. The van der Waals surface area contributed by atoms with E-state index < -0.39 is 0 Å². The molecule has 1 fully saturated rings. The molecular weight excluding hydrogens is 391 g/mol. The number of hydrogen-bond acceptors (Lipinski definition) is 2. The summed E-state index contributed by atoms with van der Waals surface area (Å²) in [7, 11) is 0. The smallest absolute Gasteiger partial charge is 0.251 e. The Labute approximate surface area is 136 Å². The molecule has 1 aliphatic rings. The lowest BCUT2D eigenvalue weighted by Crippen LogP contribution is -2.28. The Balaban J connectivity index is 1.68. The number of carbonyl (C=O) groups is 2. The molecule has 0 unspecified atom stereocenters. The van der Waals surface area contributed by atoms with Crippen molar-refractivity contribution in [1.82, 2.24) is 10.6 Å². The molecule has 1 aliphatic carbocycles. The average Bonchev–Trinajstić information content (AvgIpc) is 3.21. The predicted octanol–water partition coefficient (Wildman–Crippen LogP) is 2.73. The number of carbonyl (C=O) groups excluding carboxylic acids is 2. The summed E-state index contributed by atoms with van der Waals surface area (Å²) in [5.41, 5.74) is 0.540. The molecule has 2 amide bonds. The van der Waals surface area contributed by atoms with Gasteiger partial charge in [-0.1, -0.05) is 11.6 Å². The van der Waals surface area contributed by atoms with Crippen LogP contribution in [-0.2, 0) is 4.79 Å². The monoisotopic (exact) mass is 406 g/mol. The number of halogens is 2. The van der Waals surface area contributed by atoms with E-state index in [-0.39, 0.29) is 11.8 Å². The third-order valence-corrected chi connectivity index (χ3v) is 4.56. The van der Waals surface area contributed by atoms with Crippen molar-refractivity contribution in [3.63, 3.8) is 0 Å². The van der Waals surface area contributed by atoms with E-state index >= 15 is 0 Å². The number of hydrogen-bond donors (Lipinski definition) is 2. The SMILES string of the molecule is O=C(CCCNC(=O)c1ccc(I)c(Cl)c1)NC1CC1. The van der Waals surface area contributed by atoms with Crippen molar-refractivity contribution >= 4 is 46.0 Å². The molecule has 0 saturated heterocycles. The molecule has 0 radical (unpaired) electrons. The highest BCUT2D eigenvalue weighted by Gasteiger charge is 2.22. The zero-order valence-corrected chi connectivity index (χ0v) is 13.8. The van der Waals surface area contributed by atoms with E-state index in [0.29, 0.717) is 36.0 Å². The summed E-state index contributed by atoms with van der Waals surface area (Å²) in [6, 6.07) is 5.59. The van der Waals surface area contributed by atoms with E-state index in [9.17, 15) is 9.59 Å². The maximum atomic E-state index is 11.9. The zero-order valence-electron chi connectivity index (χ0n) is 10.9. The first-order valence-corrected chi connectivity index (χ1v) is 8.04. The van der Waals surface area contributed by atoms with Crippen LogP contribution in [0, 0.1) is 3.57 Å². The molecule has 4 nitrogen and oxygen atoms in total. The summed E-state index contributed by atoms with van der Waals surface area (Å²) in [4.78, 5) is 23.3. The van der Waals surface area contributed by atoms with Crippen molar-refractivity contribution < 1.29 is 9.59 Å². The van der Waals surface area contributed by atoms with Crippen LogP contribution in [0.2, 0.25) is 5.02 Å². The van der Waals surface area contributed by atoms with E-state index in [2.05, 4.69) is 33.2 Å². The van der Waals surface area contributed by atoms with Crippen molar-refractivity contribution in [2.45, 2.75) is 31.7 Å². The van der Waals surface area contributed by atoms with Crippen LogP contribution in [0.25, 0.3) is 0 Å². The largest absolute Gasteiger partial charge is 0.353 e. The Morgan fingerprint density at radius 1 is 1.35 bits per heavy atom. The molecule has 0 atom stereocenters. The lowest BCUT2D eigenvalue weighted by Gasteiger charge is -2.06. The van der Waals surface area contributed by atoms with Gasteiger partial charge in [0.2, 0.25) is 5.91 Å². The maximum Gasteiger partial charge on any atom is 0.251 e. The van der Waals surface area contributed by atoms with Crippen molar-refractivity contribution in [1.29, 1.82) is 0 Å². The van der Waals surface area contributed by atoms with Crippen LogP contribution in [-0.4, -0.2) is 24.4 Å². The lowest BCUT2D eigenvalue weighted by atomic mass is 10.2. The van der Waals surface area contributed by atoms with E-state index in [1.165, 1.54) is 0 Å². The van der Waals surface area contributed by atoms with Gasteiger partial charge in [-0.3, -0.25) is 9.59 Å². The summed E-state index contributed by atoms with van der Waals surface area (Å²) < 4.78 is 0.914. The van der Waals surface area contributed by atoms with E-state index in [0.717, 1.165) is 16.4 Å². The molecule has 1 saturated carbocycles. The van der Waals surface area contributed by atoms with Crippen molar-refractivity contribution in [3.05, 3.63) is 32.4 Å². The second-order valence-corrected chi connectivity index (χ2v) is 6.40. The third-order valence-electron chi connectivity index (χ3n) is 2.99.